The molecule has 2 N–H and O–H groups in total. The summed E-state index contributed by atoms with van der Waals surface area (Å²) in [4.78, 5) is 0. The van der Waals surface area contributed by atoms with Gasteiger partial charge in [-0.05, 0) is 18.9 Å². The molecule has 0 radical (unpaired) electrons. The number of halogens is 1. The molecule has 0 amide bonds. The molecule has 1 heterocycles. The molecule has 0 aliphatic rings. The van der Waals surface area contributed by atoms with Gasteiger partial charge in [0, 0.05) is 6.42 Å². The number of aryl methyl sites for hydroxylation is 3. The number of nitrogen functional groups attached to an aromatic ring is 1. The molecule has 16 heavy (non-hydrogen) atoms. The molecule has 0 fully saturated rings. The van der Waals surface area contributed by atoms with Crippen molar-refractivity contribution in [2.75, 3.05) is 5.73 Å². The number of aromatic nitrogens is 1. The van der Waals surface area contributed by atoms with Crippen molar-refractivity contribution in [2.24, 2.45) is 0 Å². The first-order valence-electron chi connectivity index (χ1n) is 5.12. The highest BCUT2D eigenvalue weighted by molar-refractivity contribution is 6.33. The molecule has 0 aliphatic heterocycles. The molecule has 2 rings (SSSR count). The van der Waals surface area contributed by atoms with E-state index in [9.17, 15) is 0 Å². The predicted molar refractivity (Wildman–Crippen MR) is 64.5 cm³/mol. The molecule has 0 saturated heterocycles. The monoisotopic (exact) mass is 236 g/mol. The van der Waals surface area contributed by atoms with E-state index < -0.39 is 0 Å². The molecule has 1 aromatic heterocycles. The van der Waals surface area contributed by atoms with Crippen LogP contribution in [0.4, 0.5) is 5.82 Å². The van der Waals surface area contributed by atoms with Gasteiger partial charge in [-0.15, -0.1) is 0 Å². The van der Waals surface area contributed by atoms with Gasteiger partial charge >= 0.3 is 0 Å². The van der Waals surface area contributed by atoms with Gasteiger partial charge in [0.05, 0.1) is 0 Å². The van der Waals surface area contributed by atoms with Crippen LogP contribution in [0.15, 0.2) is 28.8 Å². The summed E-state index contributed by atoms with van der Waals surface area (Å²) in [5, 5.41) is 4.05. The number of nitrogens with zero attached hydrogens (tertiary/aromatic N) is 1. The van der Waals surface area contributed by atoms with E-state index in [1.165, 1.54) is 11.1 Å². The van der Waals surface area contributed by atoms with Crippen LogP contribution in [0.3, 0.4) is 0 Å². The van der Waals surface area contributed by atoms with E-state index in [1.807, 2.05) is 6.07 Å². The SMILES string of the molecule is Cc1cccc(CCc2onc(N)c2Cl)c1. The van der Waals surface area contributed by atoms with Gasteiger partial charge in [0.2, 0.25) is 0 Å². The molecule has 0 saturated carbocycles. The number of nitrogens with two attached hydrogens (primary N) is 1. The normalized spacial score (nSPS) is 10.6. The van der Waals surface area contributed by atoms with Crippen molar-refractivity contribution in [1.29, 1.82) is 0 Å². The number of benzene rings is 1. The van der Waals surface area contributed by atoms with Gasteiger partial charge in [-0.1, -0.05) is 46.6 Å². The lowest BCUT2D eigenvalue weighted by molar-refractivity contribution is 0.386. The average Bonchev–Trinajstić information content (AvgIpc) is 2.57. The molecule has 4 heteroatoms. The molecular formula is C12H13ClN2O. The van der Waals surface area contributed by atoms with Gasteiger partial charge in [0.1, 0.15) is 5.02 Å². The van der Waals surface area contributed by atoms with E-state index >= 15 is 0 Å². The van der Waals surface area contributed by atoms with E-state index in [4.69, 9.17) is 21.9 Å². The minimum absolute atomic E-state index is 0.265. The molecule has 0 unspecified atom stereocenters. The second kappa shape index (κ2) is 4.58. The third-order valence-corrected chi connectivity index (χ3v) is 2.85. The molecule has 1 aromatic carbocycles. The summed E-state index contributed by atoms with van der Waals surface area (Å²) in [6.45, 7) is 2.07. The smallest absolute Gasteiger partial charge is 0.185 e. The van der Waals surface area contributed by atoms with Gasteiger partial charge in [0.25, 0.3) is 0 Å². The Kier molecular flexibility index (Phi) is 3.15. The second-order valence-electron chi connectivity index (χ2n) is 3.79. The van der Waals surface area contributed by atoms with Crippen molar-refractivity contribution >= 4 is 17.4 Å². The molecule has 3 nitrogen and oxygen atoms in total. The minimum Gasteiger partial charge on any atom is -0.380 e. The van der Waals surface area contributed by atoms with Crippen molar-refractivity contribution in [3.05, 3.63) is 46.2 Å². The average molecular weight is 237 g/mol. The standard InChI is InChI=1S/C12H13ClN2O/c1-8-3-2-4-9(7-8)5-6-10-11(13)12(14)15-16-10/h2-4,7H,5-6H2,1H3,(H2,14,15). The van der Waals surface area contributed by atoms with Crippen LogP contribution in [0.2, 0.25) is 5.02 Å². The Hall–Kier alpha value is -1.48. The number of anilines is 1. The van der Waals surface area contributed by atoms with Crippen LogP contribution < -0.4 is 5.73 Å². The largest absolute Gasteiger partial charge is 0.380 e. The van der Waals surface area contributed by atoms with Crippen molar-refractivity contribution in [1.82, 2.24) is 5.16 Å². The molecule has 0 spiro atoms. The van der Waals surface area contributed by atoms with Crippen molar-refractivity contribution < 1.29 is 4.52 Å². The van der Waals surface area contributed by atoms with Crippen LogP contribution in [0.1, 0.15) is 16.9 Å². The van der Waals surface area contributed by atoms with Gasteiger partial charge in [-0.3, -0.25) is 0 Å². The summed E-state index contributed by atoms with van der Waals surface area (Å²) in [5.74, 6) is 0.918. The summed E-state index contributed by atoms with van der Waals surface area (Å²) in [5.41, 5.74) is 8.00. The molecule has 0 aliphatic carbocycles. The maximum Gasteiger partial charge on any atom is 0.185 e. The Morgan fingerprint density at radius 1 is 1.38 bits per heavy atom. The van der Waals surface area contributed by atoms with Gasteiger partial charge in [0.15, 0.2) is 11.6 Å². The van der Waals surface area contributed by atoms with E-state index in [0.717, 1.165) is 6.42 Å². The molecule has 84 valence electrons. The molecular weight excluding hydrogens is 224 g/mol. The van der Waals surface area contributed by atoms with Gasteiger partial charge in [-0.2, -0.15) is 0 Å². The zero-order chi connectivity index (χ0) is 11.5. The molecule has 2 aromatic rings. The Labute approximate surface area is 99.2 Å². The van der Waals surface area contributed by atoms with Crippen LogP contribution in [0.25, 0.3) is 0 Å². The topological polar surface area (TPSA) is 52.0 Å². The van der Waals surface area contributed by atoms with Crippen LogP contribution in [0.5, 0.6) is 0 Å². The summed E-state index contributed by atoms with van der Waals surface area (Å²) >= 11 is 5.93. The number of hydrogen-bond donors (Lipinski definition) is 1. The zero-order valence-corrected chi connectivity index (χ0v) is 9.79. The Morgan fingerprint density at radius 3 is 2.81 bits per heavy atom. The summed E-state index contributed by atoms with van der Waals surface area (Å²) < 4.78 is 5.04. The summed E-state index contributed by atoms with van der Waals surface area (Å²) in [6.07, 6.45) is 1.59. The van der Waals surface area contributed by atoms with Crippen LogP contribution in [-0.4, -0.2) is 5.16 Å². The molecule has 0 bridgehead atoms. The highest BCUT2D eigenvalue weighted by Crippen LogP contribution is 2.23. The van der Waals surface area contributed by atoms with Crippen LogP contribution >= 0.6 is 11.6 Å². The molecule has 0 atom stereocenters. The Balaban J connectivity index is 2.05. The van der Waals surface area contributed by atoms with Crippen molar-refractivity contribution in [3.8, 4) is 0 Å². The summed E-state index contributed by atoms with van der Waals surface area (Å²) in [6, 6.07) is 8.35. The fourth-order valence-electron chi connectivity index (χ4n) is 1.61. The number of hydrogen-bond acceptors (Lipinski definition) is 3. The van der Waals surface area contributed by atoms with Crippen molar-refractivity contribution in [2.45, 2.75) is 19.8 Å². The highest BCUT2D eigenvalue weighted by atomic mass is 35.5. The third-order valence-electron chi connectivity index (χ3n) is 2.45. The predicted octanol–water partition coefficient (Wildman–Crippen LogP) is 3.00. The number of rotatable bonds is 3. The van der Waals surface area contributed by atoms with E-state index in [-0.39, 0.29) is 5.82 Å². The minimum atomic E-state index is 0.265. The van der Waals surface area contributed by atoms with Gasteiger partial charge in [-0.25, -0.2) is 0 Å². The first-order chi connectivity index (χ1) is 7.66. The lowest BCUT2D eigenvalue weighted by atomic mass is 10.1. The quantitative estimate of drug-likeness (QED) is 0.891. The Morgan fingerprint density at radius 2 is 2.19 bits per heavy atom. The van der Waals surface area contributed by atoms with Crippen LogP contribution in [0, 0.1) is 6.92 Å². The lowest BCUT2D eigenvalue weighted by Gasteiger charge is -2.00. The van der Waals surface area contributed by atoms with E-state index in [0.29, 0.717) is 17.2 Å². The fourth-order valence-corrected chi connectivity index (χ4v) is 1.77. The first kappa shape index (κ1) is 11.0. The first-order valence-corrected chi connectivity index (χ1v) is 5.49. The van der Waals surface area contributed by atoms with E-state index in [1.54, 1.807) is 0 Å². The van der Waals surface area contributed by atoms with Crippen molar-refractivity contribution in [3.63, 3.8) is 0 Å². The third kappa shape index (κ3) is 2.36. The fraction of sp³-hybridized carbons (Fsp3) is 0.250. The maximum absolute atomic E-state index is 5.93. The van der Waals surface area contributed by atoms with Crippen LogP contribution in [-0.2, 0) is 12.8 Å². The highest BCUT2D eigenvalue weighted by Gasteiger charge is 2.10. The zero-order valence-electron chi connectivity index (χ0n) is 9.03. The lowest BCUT2D eigenvalue weighted by Crippen LogP contribution is -1.91. The second-order valence-corrected chi connectivity index (χ2v) is 4.17. The Bertz CT molecular complexity index is 494. The summed E-state index contributed by atoms with van der Waals surface area (Å²) in [7, 11) is 0. The maximum atomic E-state index is 5.93. The van der Waals surface area contributed by atoms with Gasteiger partial charge < -0.3 is 10.3 Å². The van der Waals surface area contributed by atoms with E-state index in [2.05, 4.69) is 30.3 Å².